The van der Waals surface area contributed by atoms with Crippen molar-refractivity contribution in [3.63, 3.8) is 0 Å². The highest BCUT2D eigenvalue weighted by atomic mass is 16.5. The lowest BCUT2D eigenvalue weighted by Gasteiger charge is -2.30. The third-order valence-electron chi connectivity index (χ3n) is 3.12. The fourth-order valence-electron chi connectivity index (χ4n) is 2.06. The van der Waals surface area contributed by atoms with Crippen molar-refractivity contribution in [2.75, 3.05) is 20.2 Å². The number of nitrogens with one attached hydrogen (secondary N) is 1. The maximum atomic E-state index is 12.1. The van der Waals surface area contributed by atoms with Crippen LogP contribution in [0.4, 0.5) is 0 Å². The molecule has 1 aromatic heterocycles. The van der Waals surface area contributed by atoms with Crippen molar-refractivity contribution < 1.29 is 19.4 Å². The van der Waals surface area contributed by atoms with E-state index in [0.717, 1.165) is 12.8 Å². The van der Waals surface area contributed by atoms with E-state index < -0.39 is 5.97 Å². The van der Waals surface area contributed by atoms with E-state index in [0.29, 0.717) is 13.1 Å². The molecule has 7 nitrogen and oxygen atoms in total. The van der Waals surface area contributed by atoms with Gasteiger partial charge in [-0.1, -0.05) is 0 Å². The first-order valence-corrected chi connectivity index (χ1v) is 5.72. The van der Waals surface area contributed by atoms with E-state index in [1.54, 1.807) is 12.0 Å². The molecule has 18 heavy (non-hydrogen) atoms. The predicted octanol–water partition coefficient (Wildman–Crippen LogP) is 0.359. The molecule has 0 unspecified atom stereocenters. The standard InChI is InChI=1S/C11H15N3O4/c1-18-7-2-4-14(5-3-7)10(15)8-9(11(16)17)13-6-12-8/h6-7H,2-5H2,1H3,(H,12,13)(H,16,17). The van der Waals surface area contributed by atoms with Crippen molar-refractivity contribution in [3.05, 3.63) is 17.7 Å². The summed E-state index contributed by atoms with van der Waals surface area (Å²) in [6, 6.07) is 0. The molecule has 1 aliphatic rings. The largest absolute Gasteiger partial charge is 0.477 e. The Labute approximate surface area is 104 Å². The van der Waals surface area contributed by atoms with E-state index in [1.165, 1.54) is 6.33 Å². The number of carbonyl (C=O) groups excluding carboxylic acids is 1. The number of methoxy groups -OCH3 is 1. The number of carbonyl (C=O) groups is 2. The highest BCUT2D eigenvalue weighted by Crippen LogP contribution is 2.16. The number of carboxylic acids is 1. The van der Waals surface area contributed by atoms with Crippen molar-refractivity contribution in [1.82, 2.24) is 14.9 Å². The highest BCUT2D eigenvalue weighted by Gasteiger charge is 2.28. The molecule has 2 heterocycles. The van der Waals surface area contributed by atoms with Gasteiger partial charge < -0.3 is 19.7 Å². The van der Waals surface area contributed by atoms with Crippen LogP contribution >= 0.6 is 0 Å². The zero-order valence-electron chi connectivity index (χ0n) is 10.0. The van der Waals surface area contributed by atoms with Crippen molar-refractivity contribution in [3.8, 4) is 0 Å². The Hall–Kier alpha value is -1.89. The van der Waals surface area contributed by atoms with Crippen LogP contribution in [0.5, 0.6) is 0 Å². The second-order valence-electron chi connectivity index (χ2n) is 4.16. The van der Waals surface area contributed by atoms with Gasteiger partial charge in [0.15, 0.2) is 11.4 Å². The molecule has 0 atom stereocenters. The number of hydrogen-bond donors (Lipinski definition) is 2. The molecule has 0 bridgehead atoms. The Balaban J connectivity index is 2.08. The van der Waals surface area contributed by atoms with Gasteiger partial charge in [-0.05, 0) is 12.8 Å². The molecule has 0 spiro atoms. The van der Waals surface area contributed by atoms with Crippen LogP contribution in [0.2, 0.25) is 0 Å². The lowest BCUT2D eigenvalue weighted by atomic mass is 10.1. The number of piperidine rings is 1. The van der Waals surface area contributed by atoms with Crippen molar-refractivity contribution in [1.29, 1.82) is 0 Å². The lowest BCUT2D eigenvalue weighted by molar-refractivity contribution is 0.0345. The molecular weight excluding hydrogens is 238 g/mol. The maximum Gasteiger partial charge on any atom is 0.354 e. The molecule has 98 valence electrons. The Morgan fingerprint density at radius 2 is 2.17 bits per heavy atom. The number of H-pyrrole nitrogens is 1. The summed E-state index contributed by atoms with van der Waals surface area (Å²) in [6.45, 7) is 1.12. The Morgan fingerprint density at radius 1 is 1.50 bits per heavy atom. The first-order valence-electron chi connectivity index (χ1n) is 5.72. The van der Waals surface area contributed by atoms with Gasteiger partial charge in [-0.2, -0.15) is 0 Å². The summed E-state index contributed by atoms with van der Waals surface area (Å²) in [4.78, 5) is 30.9. The number of ether oxygens (including phenoxy) is 1. The van der Waals surface area contributed by atoms with Gasteiger partial charge in [-0.15, -0.1) is 0 Å². The quantitative estimate of drug-likeness (QED) is 0.810. The number of carboxylic acid groups (broad SMARTS) is 1. The fraction of sp³-hybridized carbons (Fsp3) is 0.545. The first kappa shape index (κ1) is 12.6. The smallest absolute Gasteiger partial charge is 0.354 e. The third-order valence-corrected chi connectivity index (χ3v) is 3.12. The van der Waals surface area contributed by atoms with E-state index >= 15 is 0 Å². The van der Waals surface area contributed by atoms with Gasteiger partial charge in [0.05, 0.1) is 12.4 Å². The number of nitrogens with zero attached hydrogens (tertiary/aromatic N) is 2. The summed E-state index contributed by atoms with van der Waals surface area (Å²) in [5, 5.41) is 8.92. The second kappa shape index (κ2) is 5.18. The zero-order valence-corrected chi connectivity index (χ0v) is 10.0. The van der Waals surface area contributed by atoms with Crippen LogP contribution in [0.25, 0.3) is 0 Å². The maximum absolute atomic E-state index is 12.1. The number of imidazole rings is 1. The normalized spacial score (nSPS) is 16.8. The number of rotatable bonds is 3. The predicted molar refractivity (Wildman–Crippen MR) is 61.5 cm³/mol. The van der Waals surface area contributed by atoms with E-state index in [4.69, 9.17) is 9.84 Å². The topological polar surface area (TPSA) is 95.5 Å². The summed E-state index contributed by atoms with van der Waals surface area (Å²) in [5.41, 5.74) is -0.188. The Bertz CT molecular complexity index is 449. The summed E-state index contributed by atoms with van der Waals surface area (Å²) in [6.07, 6.45) is 2.91. The third kappa shape index (κ3) is 2.35. The summed E-state index contributed by atoms with van der Waals surface area (Å²) in [7, 11) is 1.65. The first-order chi connectivity index (χ1) is 8.63. The van der Waals surface area contributed by atoms with Gasteiger partial charge in [0, 0.05) is 20.2 Å². The molecule has 1 aromatic rings. The van der Waals surface area contributed by atoms with E-state index in [9.17, 15) is 9.59 Å². The molecule has 0 aromatic carbocycles. The highest BCUT2D eigenvalue weighted by molar-refractivity contribution is 6.02. The number of hydrogen-bond acceptors (Lipinski definition) is 4. The van der Waals surface area contributed by atoms with Gasteiger partial charge in [0.2, 0.25) is 0 Å². The minimum absolute atomic E-state index is 0.0293. The van der Waals surface area contributed by atoms with E-state index in [-0.39, 0.29) is 23.4 Å². The van der Waals surface area contributed by atoms with Gasteiger partial charge in [-0.3, -0.25) is 4.79 Å². The van der Waals surface area contributed by atoms with Crippen LogP contribution in [0, 0.1) is 0 Å². The number of likely N-dealkylation sites (tertiary alicyclic amines) is 1. The SMILES string of the molecule is COC1CCN(C(=O)c2nc[nH]c2C(=O)O)CC1. The average molecular weight is 253 g/mol. The Morgan fingerprint density at radius 3 is 2.72 bits per heavy atom. The molecule has 1 amide bonds. The summed E-state index contributed by atoms with van der Waals surface area (Å²) < 4.78 is 5.22. The molecular formula is C11H15N3O4. The molecule has 2 rings (SSSR count). The van der Waals surface area contributed by atoms with Gasteiger partial charge in [0.25, 0.3) is 5.91 Å². The van der Waals surface area contributed by atoms with Crippen LogP contribution in [0.3, 0.4) is 0 Å². The molecule has 1 aliphatic heterocycles. The number of aromatic nitrogens is 2. The minimum atomic E-state index is -1.18. The number of aromatic amines is 1. The molecule has 2 N–H and O–H groups in total. The summed E-state index contributed by atoms with van der Waals surface area (Å²) >= 11 is 0. The van der Waals surface area contributed by atoms with Crippen LogP contribution in [0.1, 0.15) is 33.8 Å². The zero-order chi connectivity index (χ0) is 13.1. The summed E-state index contributed by atoms with van der Waals surface area (Å²) in [5.74, 6) is -1.52. The Kier molecular flexibility index (Phi) is 3.61. The molecule has 0 aliphatic carbocycles. The van der Waals surface area contributed by atoms with Gasteiger partial charge in [0.1, 0.15) is 0 Å². The van der Waals surface area contributed by atoms with E-state index in [1.807, 2.05) is 0 Å². The van der Waals surface area contributed by atoms with E-state index in [2.05, 4.69) is 9.97 Å². The number of aromatic carboxylic acids is 1. The minimum Gasteiger partial charge on any atom is -0.477 e. The molecule has 0 saturated carbocycles. The monoisotopic (exact) mass is 253 g/mol. The van der Waals surface area contributed by atoms with Crippen molar-refractivity contribution in [2.24, 2.45) is 0 Å². The van der Waals surface area contributed by atoms with Gasteiger partial charge in [-0.25, -0.2) is 9.78 Å². The van der Waals surface area contributed by atoms with Crippen LogP contribution < -0.4 is 0 Å². The molecule has 1 saturated heterocycles. The molecule has 1 fully saturated rings. The van der Waals surface area contributed by atoms with Crippen LogP contribution in [-0.4, -0.2) is 58.2 Å². The van der Waals surface area contributed by atoms with Crippen LogP contribution in [-0.2, 0) is 4.74 Å². The van der Waals surface area contributed by atoms with Gasteiger partial charge >= 0.3 is 5.97 Å². The fourth-order valence-corrected chi connectivity index (χ4v) is 2.06. The van der Waals surface area contributed by atoms with Crippen molar-refractivity contribution >= 4 is 11.9 Å². The lowest BCUT2D eigenvalue weighted by Crippen LogP contribution is -2.41. The van der Waals surface area contributed by atoms with Crippen LogP contribution in [0.15, 0.2) is 6.33 Å². The average Bonchev–Trinajstić information content (AvgIpc) is 2.87. The molecule has 7 heteroatoms. The van der Waals surface area contributed by atoms with Crippen molar-refractivity contribution in [2.45, 2.75) is 18.9 Å². The molecule has 0 radical (unpaired) electrons. The second-order valence-corrected chi connectivity index (χ2v) is 4.16. The number of amides is 1.